The molecule has 29 heavy (non-hydrogen) atoms. The number of ether oxygens (including phenoxy) is 1. The van der Waals surface area contributed by atoms with Crippen LogP contribution in [0.25, 0.3) is 0 Å². The molecular weight excluding hydrogens is 394 g/mol. The van der Waals surface area contributed by atoms with Gasteiger partial charge in [-0.05, 0) is 41.8 Å². The highest BCUT2D eigenvalue weighted by atomic mass is 35.5. The van der Waals surface area contributed by atoms with Gasteiger partial charge in [-0.1, -0.05) is 35.7 Å². The summed E-state index contributed by atoms with van der Waals surface area (Å²) in [5.74, 6) is 0.230. The molecule has 0 aliphatic carbocycles. The van der Waals surface area contributed by atoms with Crippen LogP contribution in [0.5, 0.6) is 0 Å². The summed E-state index contributed by atoms with van der Waals surface area (Å²) in [6, 6.07) is 13.7. The lowest BCUT2D eigenvalue weighted by atomic mass is 9.86. The number of aliphatic hydroxyl groups is 4. The average Bonchev–Trinajstić information content (AvgIpc) is 2.72. The van der Waals surface area contributed by atoms with Crippen LogP contribution in [0.3, 0.4) is 0 Å². The zero-order valence-electron chi connectivity index (χ0n) is 15.4. The Morgan fingerprint density at radius 2 is 1.79 bits per heavy atom. The maximum Gasteiger partial charge on any atom is 0.222 e. The molecule has 1 heterocycles. The van der Waals surface area contributed by atoms with Gasteiger partial charge in [0.25, 0.3) is 0 Å². The first kappa shape index (κ1) is 21.3. The maximum absolute atomic E-state index is 11.0. The number of terminal acetylenes is 1. The number of benzene rings is 2. The SMILES string of the molecule is C#Cc1ccc(Cc2cc([C@@]3(O)O[C@H](CC#N)[C@@H](O)[C@H](O)[C@H]3O)ccc2Cl)cc1. The van der Waals surface area contributed by atoms with E-state index in [0.29, 0.717) is 17.0 Å². The van der Waals surface area contributed by atoms with Crippen LogP contribution in [0.2, 0.25) is 5.02 Å². The van der Waals surface area contributed by atoms with Gasteiger partial charge in [-0.3, -0.25) is 0 Å². The molecule has 1 saturated heterocycles. The first-order chi connectivity index (χ1) is 13.8. The summed E-state index contributed by atoms with van der Waals surface area (Å²) in [7, 11) is 0. The fraction of sp³-hybridized carbons (Fsp3) is 0.318. The zero-order valence-corrected chi connectivity index (χ0v) is 16.1. The highest BCUT2D eigenvalue weighted by Gasteiger charge is 2.53. The lowest BCUT2D eigenvalue weighted by molar-refractivity contribution is -0.353. The van der Waals surface area contributed by atoms with E-state index in [4.69, 9.17) is 28.0 Å². The molecule has 0 spiro atoms. The Hall–Kier alpha value is -2.42. The minimum absolute atomic E-state index is 0.151. The van der Waals surface area contributed by atoms with Crippen molar-refractivity contribution >= 4 is 11.6 Å². The van der Waals surface area contributed by atoms with E-state index in [2.05, 4.69) is 5.92 Å². The second-order valence-corrected chi connectivity index (χ2v) is 7.37. The van der Waals surface area contributed by atoms with E-state index in [1.54, 1.807) is 24.3 Å². The first-order valence-electron chi connectivity index (χ1n) is 8.96. The molecule has 0 amide bonds. The zero-order chi connectivity index (χ0) is 21.2. The van der Waals surface area contributed by atoms with Gasteiger partial charge in [0, 0.05) is 16.1 Å². The minimum Gasteiger partial charge on any atom is -0.388 e. The molecule has 0 unspecified atom stereocenters. The standard InChI is InChI=1S/C22H20ClNO5/c1-2-13-3-5-14(6-4-13)11-15-12-16(7-8-17(15)23)22(28)21(27)20(26)19(25)18(29-22)9-10-24/h1,3-8,12,18-21,25-28H,9,11H2/t18-,19-,20+,21-,22-/m1/s1. The summed E-state index contributed by atoms with van der Waals surface area (Å²) >= 11 is 6.31. The number of rotatable bonds is 4. The molecule has 2 aromatic carbocycles. The summed E-state index contributed by atoms with van der Waals surface area (Å²) in [6.07, 6.45) is -0.667. The largest absolute Gasteiger partial charge is 0.388 e. The summed E-state index contributed by atoms with van der Waals surface area (Å²) in [6.45, 7) is 0. The number of nitrogens with zero attached hydrogens (tertiary/aromatic N) is 1. The summed E-state index contributed by atoms with van der Waals surface area (Å²) in [4.78, 5) is 0. The van der Waals surface area contributed by atoms with Gasteiger partial charge >= 0.3 is 0 Å². The second-order valence-electron chi connectivity index (χ2n) is 6.97. The topological polar surface area (TPSA) is 114 Å². The number of aliphatic hydroxyl groups excluding tert-OH is 3. The van der Waals surface area contributed by atoms with Crippen molar-refractivity contribution < 1.29 is 25.2 Å². The number of hydrogen-bond donors (Lipinski definition) is 4. The van der Waals surface area contributed by atoms with Crippen molar-refractivity contribution in [1.29, 1.82) is 5.26 Å². The van der Waals surface area contributed by atoms with Crippen LogP contribution in [0.1, 0.15) is 28.7 Å². The van der Waals surface area contributed by atoms with Gasteiger partial charge in [-0.25, -0.2) is 0 Å². The van der Waals surface area contributed by atoms with E-state index in [1.165, 1.54) is 6.07 Å². The fourth-order valence-electron chi connectivity index (χ4n) is 3.37. The van der Waals surface area contributed by atoms with E-state index in [0.717, 1.165) is 11.1 Å². The van der Waals surface area contributed by atoms with Crippen molar-refractivity contribution in [2.45, 2.75) is 43.0 Å². The summed E-state index contributed by atoms with van der Waals surface area (Å²) < 4.78 is 5.48. The summed E-state index contributed by atoms with van der Waals surface area (Å²) in [5, 5.41) is 51.0. The predicted octanol–water partition coefficient (Wildman–Crippen LogP) is 1.45. The molecule has 1 aliphatic heterocycles. The van der Waals surface area contributed by atoms with Crippen molar-refractivity contribution in [1.82, 2.24) is 0 Å². The maximum atomic E-state index is 11.0. The molecule has 1 fully saturated rings. The Kier molecular flexibility index (Phi) is 6.26. The summed E-state index contributed by atoms with van der Waals surface area (Å²) in [5.41, 5.74) is 2.48. The molecular formula is C22H20ClNO5. The quantitative estimate of drug-likeness (QED) is 0.564. The monoisotopic (exact) mass is 413 g/mol. The lowest BCUT2D eigenvalue weighted by Crippen LogP contribution is -2.62. The van der Waals surface area contributed by atoms with Crippen molar-refractivity contribution in [3.8, 4) is 18.4 Å². The minimum atomic E-state index is -2.31. The number of hydrogen-bond acceptors (Lipinski definition) is 6. The van der Waals surface area contributed by atoms with Crippen LogP contribution in [0, 0.1) is 23.7 Å². The highest BCUT2D eigenvalue weighted by Crippen LogP contribution is 2.38. The predicted molar refractivity (Wildman–Crippen MR) is 106 cm³/mol. The lowest BCUT2D eigenvalue weighted by Gasteiger charge is -2.45. The van der Waals surface area contributed by atoms with E-state index in [1.807, 2.05) is 18.2 Å². The fourth-order valence-corrected chi connectivity index (χ4v) is 3.56. The Morgan fingerprint density at radius 1 is 1.10 bits per heavy atom. The van der Waals surface area contributed by atoms with Gasteiger partial charge < -0.3 is 25.2 Å². The molecule has 3 rings (SSSR count). The molecule has 0 bridgehead atoms. The van der Waals surface area contributed by atoms with Gasteiger partial charge in [0.15, 0.2) is 0 Å². The van der Waals surface area contributed by atoms with Crippen LogP contribution in [0.15, 0.2) is 42.5 Å². The van der Waals surface area contributed by atoms with Crippen LogP contribution >= 0.6 is 11.6 Å². The Bertz CT molecular complexity index is 965. The molecule has 0 radical (unpaired) electrons. The van der Waals surface area contributed by atoms with E-state index in [9.17, 15) is 20.4 Å². The third kappa shape index (κ3) is 4.14. The van der Waals surface area contributed by atoms with Gasteiger partial charge in [-0.2, -0.15) is 5.26 Å². The second kappa shape index (κ2) is 8.52. The van der Waals surface area contributed by atoms with Crippen LogP contribution in [-0.2, 0) is 16.9 Å². The van der Waals surface area contributed by atoms with Crippen LogP contribution < -0.4 is 0 Å². The number of nitriles is 1. The molecule has 7 heteroatoms. The van der Waals surface area contributed by atoms with E-state index < -0.39 is 30.2 Å². The molecule has 6 nitrogen and oxygen atoms in total. The van der Waals surface area contributed by atoms with Crippen molar-refractivity contribution in [2.24, 2.45) is 0 Å². The van der Waals surface area contributed by atoms with Gasteiger partial charge in [0.2, 0.25) is 5.79 Å². The Balaban J connectivity index is 1.94. The molecule has 1 aliphatic rings. The molecule has 4 N–H and O–H groups in total. The molecule has 150 valence electrons. The van der Waals surface area contributed by atoms with Crippen molar-refractivity contribution in [2.75, 3.05) is 0 Å². The van der Waals surface area contributed by atoms with Crippen LogP contribution in [0.4, 0.5) is 0 Å². The highest BCUT2D eigenvalue weighted by molar-refractivity contribution is 6.31. The van der Waals surface area contributed by atoms with Gasteiger partial charge in [0.05, 0.1) is 12.5 Å². The Labute approximate surface area is 173 Å². The molecule has 2 aromatic rings. The molecule has 5 atom stereocenters. The average molecular weight is 414 g/mol. The third-order valence-electron chi connectivity index (χ3n) is 5.05. The molecule has 0 aromatic heterocycles. The van der Waals surface area contributed by atoms with E-state index >= 15 is 0 Å². The smallest absolute Gasteiger partial charge is 0.222 e. The van der Waals surface area contributed by atoms with E-state index in [-0.39, 0.29) is 12.0 Å². The Morgan fingerprint density at radius 3 is 2.41 bits per heavy atom. The number of halogens is 1. The van der Waals surface area contributed by atoms with Gasteiger partial charge in [0.1, 0.15) is 24.4 Å². The molecule has 0 saturated carbocycles. The van der Waals surface area contributed by atoms with Crippen LogP contribution in [-0.4, -0.2) is 44.8 Å². The first-order valence-corrected chi connectivity index (χ1v) is 9.33. The third-order valence-corrected chi connectivity index (χ3v) is 5.42. The van der Waals surface area contributed by atoms with Crippen molar-refractivity contribution in [3.05, 3.63) is 69.7 Å². The van der Waals surface area contributed by atoms with Crippen molar-refractivity contribution in [3.63, 3.8) is 0 Å². The van der Waals surface area contributed by atoms with Gasteiger partial charge in [-0.15, -0.1) is 6.42 Å². The normalized spacial score (nSPS) is 29.1.